The van der Waals surface area contributed by atoms with Gasteiger partial charge in [-0.3, -0.25) is 9.59 Å². The summed E-state index contributed by atoms with van der Waals surface area (Å²) in [6.45, 7) is 4.60. The second kappa shape index (κ2) is 8.44. The Morgan fingerprint density at radius 3 is 2.85 bits per heavy atom. The molecule has 1 atom stereocenters. The van der Waals surface area contributed by atoms with Crippen LogP contribution in [0, 0.1) is 0 Å². The molecule has 1 N–H and O–H groups in total. The van der Waals surface area contributed by atoms with Crippen LogP contribution in [0.25, 0.3) is 10.9 Å². The van der Waals surface area contributed by atoms with Crippen molar-refractivity contribution in [2.45, 2.75) is 32.9 Å². The van der Waals surface area contributed by atoms with Crippen LogP contribution in [0.2, 0.25) is 0 Å². The lowest BCUT2D eigenvalue weighted by Gasteiger charge is -2.15. The Balaban J connectivity index is 1.62. The summed E-state index contributed by atoms with van der Waals surface area (Å²) >= 11 is 0. The molecule has 2 aromatic carbocycles. The summed E-state index contributed by atoms with van der Waals surface area (Å²) in [5, 5.41) is 11.4. The first-order valence-corrected chi connectivity index (χ1v) is 8.93. The van der Waals surface area contributed by atoms with E-state index in [9.17, 15) is 9.59 Å². The third-order valence-corrected chi connectivity index (χ3v) is 4.23. The highest BCUT2D eigenvalue weighted by Gasteiger charge is 2.12. The molecule has 0 radical (unpaired) electrons. The molecule has 7 nitrogen and oxygen atoms in total. The predicted molar refractivity (Wildman–Crippen MR) is 103 cm³/mol. The highest BCUT2D eigenvalue weighted by atomic mass is 16.5. The summed E-state index contributed by atoms with van der Waals surface area (Å²) in [5.74, 6) is 0.611. The zero-order chi connectivity index (χ0) is 19.2. The van der Waals surface area contributed by atoms with Gasteiger partial charge in [0.05, 0.1) is 24.6 Å². The number of aromatic nitrogens is 3. The van der Waals surface area contributed by atoms with E-state index in [0.29, 0.717) is 17.5 Å². The molecule has 0 fully saturated rings. The number of hydrogen-bond donors (Lipinski definition) is 1. The Morgan fingerprint density at radius 2 is 2.04 bits per heavy atom. The Kier molecular flexibility index (Phi) is 5.80. The maximum atomic E-state index is 12.4. The van der Waals surface area contributed by atoms with Gasteiger partial charge in [-0.2, -0.15) is 0 Å². The van der Waals surface area contributed by atoms with Gasteiger partial charge in [0.2, 0.25) is 5.91 Å². The molecule has 0 unspecified atom stereocenters. The van der Waals surface area contributed by atoms with Gasteiger partial charge in [-0.25, -0.2) is 4.68 Å². The van der Waals surface area contributed by atoms with E-state index in [1.807, 2.05) is 38.1 Å². The monoisotopic (exact) mass is 366 g/mol. The van der Waals surface area contributed by atoms with Crippen molar-refractivity contribution in [3.05, 3.63) is 64.4 Å². The number of rotatable bonds is 7. The number of carbonyl (C=O) groups excluding carboxylic acids is 1. The third-order valence-electron chi connectivity index (χ3n) is 4.23. The molecule has 0 aliphatic heterocycles. The summed E-state index contributed by atoms with van der Waals surface area (Å²) in [7, 11) is 0. The van der Waals surface area contributed by atoms with Crippen molar-refractivity contribution in [2.24, 2.45) is 0 Å². The molecule has 0 saturated heterocycles. The normalized spacial score (nSPS) is 11.9. The Morgan fingerprint density at radius 1 is 1.22 bits per heavy atom. The lowest BCUT2D eigenvalue weighted by atomic mass is 10.1. The average Bonchev–Trinajstić information content (AvgIpc) is 2.68. The van der Waals surface area contributed by atoms with E-state index in [0.717, 1.165) is 11.3 Å². The average molecular weight is 366 g/mol. The van der Waals surface area contributed by atoms with Crippen LogP contribution in [0.3, 0.4) is 0 Å². The number of benzene rings is 2. The predicted octanol–water partition coefficient (Wildman–Crippen LogP) is 2.46. The van der Waals surface area contributed by atoms with E-state index >= 15 is 0 Å². The van der Waals surface area contributed by atoms with E-state index in [-0.39, 0.29) is 30.5 Å². The van der Waals surface area contributed by atoms with Crippen LogP contribution in [-0.4, -0.2) is 27.5 Å². The number of aryl methyl sites for hydroxylation is 1. The van der Waals surface area contributed by atoms with E-state index in [1.165, 1.54) is 4.68 Å². The molecule has 0 aliphatic rings. The molecule has 3 rings (SSSR count). The molecule has 0 aliphatic carbocycles. The minimum atomic E-state index is -0.245. The zero-order valence-corrected chi connectivity index (χ0v) is 15.4. The topological polar surface area (TPSA) is 86.1 Å². The van der Waals surface area contributed by atoms with Crippen molar-refractivity contribution in [1.29, 1.82) is 0 Å². The molecule has 1 heterocycles. The molecular weight excluding hydrogens is 344 g/mol. The number of nitrogens with one attached hydrogen (secondary N) is 1. The van der Waals surface area contributed by atoms with Gasteiger partial charge in [-0.1, -0.05) is 29.5 Å². The summed E-state index contributed by atoms with van der Waals surface area (Å²) in [4.78, 5) is 24.7. The molecule has 3 aromatic rings. The lowest BCUT2D eigenvalue weighted by molar-refractivity contribution is -0.122. The molecule has 27 heavy (non-hydrogen) atoms. The Hall–Kier alpha value is -3.22. The van der Waals surface area contributed by atoms with Crippen LogP contribution in [-0.2, 0) is 11.3 Å². The van der Waals surface area contributed by atoms with Gasteiger partial charge >= 0.3 is 0 Å². The second-order valence-corrected chi connectivity index (χ2v) is 6.18. The Bertz CT molecular complexity index is 1000. The number of amides is 1. The zero-order valence-electron chi connectivity index (χ0n) is 15.4. The number of nitrogens with zero attached hydrogens (tertiary/aromatic N) is 3. The van der Waals surface area contributed by atoms with Crippen molar-refractivity contribution in [3.8, 4) is 5.75 Å². The van der Waals surface area contributed by atoms with Crippen LogP contribution >= 0.6 is 0 Å². The van der Waals surface area contributed by atoms with Crippen LogP contribution in [0.15, 0.2) is 53.3 Å². The van der Waals surface area contributed by atoms with Crippen molar-refractivity contribution in [1.82, 2.24) is 20.3 Å². The van der Waals surface area contributed by atoms with Crippen molar-refractivity contribution in [2.75, 3.05) is 6.61 Å². The molecule has 1 aromatic heterocycles. The van der Waals surface area contributed by atoms with Gasteiger partial charge in [0.1, 0.15) is 11.3 Å². The summed E-state index contributed by atoms with van der Waals surface area (Å²) < 4.78 is 6.71. The first-order chi connectivity index (χ1) is 13.1. The fourth-order valence-electron chi connectivity index (χ4n) is 2.81. The minimum Gasteiger partial charge on any atom is -0.494 e. The lowest BCUT2D eigenvalue weighted by Crippen LogP contribution is -2.30. The van der Waals surface area contributed by atoms with Gasteiger partial charge in [0, 0.05) is 6.42 Å². The Labute approximate surface area is 157 Å². The summed E-state index contributed by atoms with van der Waals surface area (Å²) in [5.41, 5.74) is 1.26. The third kappa shape index (κ3) is 4.49. The van der Waals surface area contributed by atoms with Gasteiger partial charge in [0.15, 0.2) is 0 Å². The maximum absolute atomic E-state index is 12.4. The summed E-state index contributed by atoms with van der Waals surface area (Å²) in [6, 6.07) is 14.5. The largest absolute Gasteiger partial charge is 0.494 e. The highest BCUT2D eigenvalue weighted by molar-refractivity contribution is 5.77. The molecule has 1 amide bonds. The van der Waals surface area contributed by atoms with Crippen LogP contribution in [0.5, 0.6) is 5.75 Å². The molecule has 0 bridgehead atoms. The van der Waals surface area contributed by atoms with E-state index in [4.69, 9.17) is 4.74 Å². The number of fused-ring (bicyclic) bond motifs is 1. The van der Waals surface area contributed by atoms with Crippen LogP contribution < -0.4 is 15.6 Å². The highest BCUT2D eigenvalue weighted by Crippen LogP contribution is 2.19. The van der Waals surface area contributed by atoms with Crippen LogP contribution in [0.1, 0.15) is 31.9 Å². The van der Waals surface area contributed by atoms with Gasteiger partial charge < -0.3 is 10.1 Å². The number of ether oxygens (including phenoxy) is 1. The van der Waals surface area contributed by atoms with Gasteiger partial charge in [-0.05, 0) is 43.7 Å². The van der Waals surface area contributed by atoms with E-state index in [2.05, 4.69) is 15.6 Å². The van der Waals surface area contributed by atoms with Crippen LogP contribution in [0.4, 0.5) is 0 Å². The van der Waals surface area contributed by atoms with Crippen molar-refractivity contribution in [3.63, 3.8) is 0 Å². The van der Waals surface area contributed by atoms with Gasteiger partial charge in [0.25, 0.3) is 5.56 Å². The quantitative estimate of drug-likeness (QED) is 0.694. The van der Waals surface area contributed by atoms with E-state index < -0.39 is 0 Å². The fraction of sp³-hybridized carbons (Fsp3) is 0.300. The maximum Gasteiger partial charge on any atom is 0.277 e. The van der Waals surface area contributed by atoms with E-state index in [1.54, 1.807) is 24.3 Å². The second-order valence-electron chi connectivity index (χ2n) is 6.18. The fourth-order valence-corrected chi connectivity index (χ4v) is 2.81. The molecule has 0 saturated carbocycles. The molecule has 0 spiro atoms. The first kappa shape index (κ1) is 18.6. The van der Waals surface area contributed by atoms with Crippen molar-refractivity contribution >= 4 is 16.8 Å². The number of carbonyl (C=O) groups is 1. The molecule has 7 heteroatoms. The first-order valence-electron chi connectivity index (χ1n) is 8.93. The standard InChI is InChI=1S/C20H22N4O3/c1-3-27-16-8-6-7-15(13-16)14(2)21-19(25)11-12-24-20(26)17-9-4-5-10-18(17)22-23-24/h4-10,13-14H,3,11-12H2,1-2H3,(H,21,25)/t14-/m0/s1. The molecule has 140 valence electrons. The number of hydrogen-bond acceptors (Lipinski definition) is 5. The van der Waals surface area contributed by atoms with Crippen molar-refractivity contribution < 1.29 is 9.53 Å². The van der Waals surface area contributed by atoms with Gasteiger partial charge in [-0.15, -0.1) is 5.10 Å². The minimum absolute atomic E-state index is 0.141. The smallest absolute Gasteiger partial charge is 0.277 e. The molecular formula is C20H22N4O3. The SMILES string of the molecule is CCOc1cccc([C@H](C)NC(=O)CCn2nnc3ccccc3c2=O)c1. The summed E-state index contributed by atoms with van der Waals surface area (Å²) in [6.07, 6.45) is 0.141.